The Kier molecular flexibility index (Phi) is 4.77. The predicted octanol–water partition coefficient (Wildman–Crippen LogP) is 3.53. The quantitative estimate of drug-likeness (QED) is 0.720. The summed E-state index contributed by atoms with van der Waals surface area (Å²) >= 11 is 6.28. The summed E-state index contributed by atoms with van der Waals surface area (Å²) in [6.07, 6.45) is 1.14. The van der Waals surface area contributed by atoms with Crippen LogP contribution in [0.3, 0.4) is 0 Å². The van der Waals surface area contributed by atoms with Crippen molar-refractivity contribution in [3.63, 3.8) is 0 Å². The number of anilines is 2. The molecule has 3 N–H and O–H groups in total. The molecule has 3 amide bonds. The van der Waals surface area contributed by atoms with Gasteiger partial charge in [-0.3, -0.25) is 4.79 Å². The highest BCUT2D eigenvalue weighted by Crippen LogP contribution is 2.36. The molecule has 1 spiro atoms. The maximum atomic E-state index is 12.7. The number of nitrogens with one attached hydrogen (secondary N) is 3. The van der Waals surface area contributed by atoms with Crippen LogP contribution in [-0.4, -0.2) is 42.7 Å². The molecule has 7 nitrogen and oxygen atoms in total. The van der Waals surface area contributed by atoms with Crippen LogP contribution in [0.1, 0.15) is 23.2 Å². The van der Waals surface area contributed by atoms with Gasteiger partial charge in [0, 0.05) is 25.9 Å². The zero-order valence-corrected chi connectivity index (χ0v) is 16.2. The van der Waals surface area contributed by atoms with E-state index in [4.69, 9.17) is 16.3 Å². The molecule has 2 heterocycles. The van der Waals surface area contributed by atoms with Crippen LogP contribution in [0.25, 0.3) is 0 Å². The number of urea groups is 1. The molecular formula is C20H21ClN4O3. The van der Waals surface area contributed by atoms with E-state index in [2.05, 4.69) is 16.0 Å². The van der Waals surface area contributed by atoms with Crippen LogP contribution in [0.2, 0.25) is 5.02 Å². The fourth-order valence-electron chi connectivity index (χ4n) is 3.68. The molecule has 0 bridgehead atoms. The minimum atomic E-state index is -0.601. The van der Waals surface area contributed by atoms with Gasteiger partial charge in [-0.2, -0.15) is 0 Å². The van der Waals surface area contributed by atoms with Gasteiger partial charge in [-0.25, -0.2) is 4.79 Å². The smallest absolute Gasteiger partial charge is 0.321 e. The molecule has 0 unspecified atom stereocenters. The zero-order chi connectivity index (χ0) is 19.7. The van der Waals surface area contributed by atoms with E-state index in [1.807, 2.05) is 12.1 Å². The van der Waals surface area contributed by atoms with E-state index in [-0.39, 0.29) is 11.9 Å². The highest BCUT2D eigenvalue weighted by Gasteiger charge is 2.41. The van der Waals surface area contributed by atoms with E-state index in [1.165, 1.54) is 0 Å². The number of likely N-dealkylation sites (tertiary alicyclic amines) is 1. The van der Waals surface area contributed by atoms with Crippen LogP contribution >= 0.6 is 11.6 Å². The number of para-hydroxylation sites is 3. The van der Waals surface area contributed by atoms with Crippen molar-refractivity contribution in [3.05, 3.63) is 53.1 Å². The number of nitrogens with zero attached hydrogens (tertiary/aromatic N) is 1. The average molecular weight is 401 g/mol. The lowest BCUT2D eigenvalue weighted by Crippen LogP contribution is -2.63. The highest BCUT2D eigenvalue weighted by molar-refractivity contribution is 6.34. The Balaban J connectivity index is 1.44. The third-order valence-corrected chi connectivity index (χ3v) is 5.54. The Morgan fingerprint density at radius 3 is 2.64 bits per heavy atom. The fraction of sp³-hybridized carbons (Fsp3) is 0.300. The topological polar surface area (TPSA) is 82.7 Å². The summed E-state index contributed by atoms with van der Waals surface area (Å²) in [7, 11) is 1.57. The number of rotatable bonds is 2. The monoisotopic (exact) mass is 400 g/mol. The molecule has 4 rings (SSSR count). The van der Waals surface area contributed by atoms with Gasteiger partial charge in [0.25, 0.3) is 5.91 Å². The minimum Gasteiger partial charge on any atom is -0.495 e. The highest BCUT2D eigenvalue weighted by atomic mass is 35.5. The molecule has 1 fully saturated rings. The molecule has 0 atom stereocenters. The first-order valence-corrected chi connectivity index (χ1v) is 9.47. The van der Waals surface area contributed by atoms with E-state index >= 15 is 0 Å². The van der Waals surface area contributed by atoms with E-state index in [0.717, 1.165) is 0 Å². The number of piperidine rings is 1. The number of carbonyl (C=O) groups excluding carboxylic acids is 2. The summed E-state index contributed by atoms with van der Waals surface area (Å²) in [5.74, 6) is 0.458. The van der Waals surface area contributed by atoms with Gasteiger partial charge in [0.2, 0.25) is 0 Å². The molecule has 1 saturated heterocycles. The molecule has 2 aliphatic rings. The van der Waals surface area contributed by atoms with E-state index in [1.54, 1.807) is 42.3 Å². The van der Waals surface area contributed by atoms with Crippen LogP contribution in [-0.2, 0) is 0 Å². The second-order valence-electron chi connectivity index (χ2n) is 6.94. The molecule has 0 aliphatic carbocycles. The van der Waals surface area contributed by atoms with Crippen molar-refractivity contribution in [2.45, 2.75) is 18.5 Å². The molecule has 2 aliphatic heterocycles. The van der Waals surface area contributed by atoms with Crippen molar-refractivity contribution in [1.82, 2.24) is 10.2 Å². The Morgan fingerprint density at radius 1 is 1.14 bits per heavy atom. The van der Waals surface area contributed by atoms with Crippen LogP contribution < -0.4 is 20.7 Å². The summed E-state index contributed by atoms with van der Waals surface area (Å²) in [5, 5.41) is 9.86. The summed E-state index contributed by atoms with van der Waals surface area (Å²) in [5.41, 5.74) is 1.21. The predicted molar refractivity (Wildman–Crippen MR) is 108 cm³/mol. The number of benzene rings is 2. The van der Waals surface area contributed by atoms with Crippen LogP contribution in [0, 0.1) is 0 Å². The maximum absolute atomic E-state index is 12.7. The lowest BCUT2D eigenvalue weighted by Gasteiger charge is -2.46. The minimum absolute atomic E-state index is 0.150. The van der Waals surface area contributed by atoms with Gasteiger partial charge < -0.3 is 25.6 Å². The zero-order valence-electron chi connectivity index (χ0n) is 15.4. The Labute approximate surface area is 168 Å². The van der Waals surface area contributed by atoms with Gasteiger partial charge in [-0.05, 0) is 24.3 Å². The number of hydrogen-bond donors (Lipinski definition) is 3. The van der Waals surface area contributed by atoms with Crippen LogP contribution in [0.4, 0.5) is 16.2 Å². The maximum Gasteiger partial charge on any atom is 0.321 e. The van der Waals surface area contributed by atoms with Gasteiger partial charge in [-0.1, -0.05) is 29.8 Å². The number of ether oxygens (including phenoxy) is 1. The summed E-state index contributed by atoms with van der Waals surface area (Å²) in [6, 6.07) is 12.3. The second-order valence-corrected chi connectivity index (χ2v) is 7.35. The molecule has 0 aromatic heterocycles. The molecule has 146 valence electrons. The average Bonchev–Trinajstić information content (AvgIpc) is 2.70. The van der Waals surface area contributed by atoms with Gasteiger partial charge in [-0.15, -0.1) is 0 Å². The van der Waals surface area contributed by atoms with Crippen molar-refractivity contribution in [1.29, 1.82) is 0 Å². The van der Waals surface area contributed by atoms with E-state index in [0.29, 0.717) is 53.6 Å². The number of methoxy groups -OCH3 is 1. The molecule has 8 heteroatoms. The summed E-state index contributed by atoms with van der Waals surface area (Å²) < 4.78 is 5.28. The fourth-order valence-corrected chi connectivity index (χ4v) is 3.90. The third kappa shape index (κ3) is 3.33. The first kappa shape index (κ1) is 18.4. The summed E-state index contributed by atoms with van der Waals surface area (Å²) in [4.78, 5) is 26.9. The Bertz CT molecular complexity index is 925. The first-order chi connectivity index (χ1) is 13.5. The normalized spacial score (nSPS) is 17.4. The Hall–Kier alpha value is -2.93. The SMILES string of the molecule is COc1ccccc1NC(=O)N1CCC2(CC1)NC(=O)c1cccc(Cl)c1N2. The lowest BCUT2D eigenvalue weighted by atomic mass is 9.92. The van der Waals surface area contributed by atoms with Gasteiger partial charge >= 0.3 is 6.03 Å². The third-order valence-electron chi connectivity index (χ3n) is 5.23. The summed E-state index contributed by atoms with van der Waals surface area (Å²) in [6.45, 7) is 0.988. The number of hydrogen-bond acceptors (Lipinski definition) is 4. The molecule has 2 aromatic carbocycles. The van der Waals surface area contributed by atoms with E-state index < -0.39 is 5.66 Å². The van der Waals surface area contributed by atoms with E-state index in [9.17, 15) is 9.59 Å². The van der Waals surface area contributed by atoms with Crippen LogP contribution in [0.15, 0.2) is 42.5 Å². The second kappa shape index (κ2) is 7.24. The van der Waals surface area contributed by atoms with Crippen molar-refractivity contribution >= 4 is 34.9 Å². The Morgan fingerprint density at radius 2 is 1.89 bits per heavy atom. The molecular weight excluding hydrogens is 380 g/mol. The van der Waals surface area contributed by atoms with Gasteiger partial charge in [0.05, 0.1) is 29.1 Å². The van der Waals surface area contributed by atoms with Crippen molar-refractivity contribution in [2.75, 3.05) is 30.8 Å². The van der Waals surface area contributed by atoms with Crippen molar-refractivity contribution in [2.24, 2.45) is 0 Å². The number of halogens is 1. The first-order valence-electron chi connectivity index (χ1n) is 9.09. The van der Waals surface area contributed by atoms with Gasteiger partial charge in [0.15, 0.2) is 0 Å². The van der Waals surface area contributed by atoms with Crippen molar-refractivity contribution < 1.29 is 14.3 Å². The molecule has 28 heavy (non-hydrogen) atoms. The molecule has 2 aromatic rings. The molecule has 0 saturated carbocycles. The van der Waals surface area contributed by atoms with Crippen LogP contribution in [0.5, 0.6) is 5.75 Å². The number of fused-ring (bicyclic) bond motifs is 1. The largest absolute Gasteiger partial charge is 0.495 e. The lowest BCUT2D eigenvalue weighted by molar-refractivity contribution is 0.0852. The standard InChI is InChI=1S/C20H21ClN4O3/c1-28-16-8-3-2-7-15(16)22-19(27)25-11-9-20(10-12-25)23-17-13(18(26)24-20)5-4-6-14(17)21/h2-8,23H,9-12H2,1H3,(H,22,27)(H,24,26). The molecule has 0 radical (unpaired) electrons. The van der Waals surface area contributed by atoms with Crippen molar-refractivity contribution in [3.8, 4) is 5.75 Å². The van der Waals surface area contributed by atoms with Gasteiger partial charge in [0.1, 0.15) is 11.4 Å². The number of carbonyl (C=O) groups is 2. The number of amides is 3.